The molecule has 2 atom stereocenters. The summed E-state index contributed by atoms with van der Waals surface area (Å²) in [5, 5.41) is 2.97. The van der Waals surface area contributed by atoms with Gasteiger partial charge in [0.1, 0.15) is 16.7 Å². The van der Waals surface area contributed by atoms with Crippen molar-refractivity contribution in [3.05, 3.63) is 64.7 Å². The van der Waals surface area contributed by atoms with Gasteiger partial charge in [0.15, 0.2) is 5.69 Å². The molecule has 3 aromatic rings. The summed E-state index contributed by atoms with van der Waals surface area (Å²) in [7, 11) is 5.36. The fourth-order valence-corrected chi connectivity index (χ4v) is 5.10. The first-order valence-electron chi connectivity index (χ1n) is 12.4. The lowest BCUT2D eigenvalue weighted by Crippen LogP contribution is -2.45. The van der Waals surface area contributed by atoms with Crippen LogP contribution in [0.1, 0.15) is 44.6 Å². The van der Waals surface area contributed by atoms with E-state index in [0.717, 1.165) is 30.1 Å². The Morgan fingerprint density at radius 2 is 1.79 bits per heavy atom. The average Bonchev–Trinajstić information content (AvgIpc) is 3.60. The van der Waals surface area contributed by atoms with Crippen molar-refractivity contribution in [1.29, 1.82) is 0 Å². The molecular weight excluding hydrogens is 520 g/mol. The number of aromatic nitrogens is 1. The molecule has 2 aromatic carbocycles. The number of benzene rings is 2. The second-order valence-corrected chi connectivity index (χ2v) is 10.1. The Labute approximate surface area is 230 Å². The predicted molar refractivity (Wildman–Crippen MR) is 150 cm³/mol. The number of nitrogens with two attached hydrogens (primary N) is 2. The molecule has 12 heteroatoms. The second kappa shape index (κ2) is 12.1. The molecule has 0 aliphatic carbocycles. The number of anilines is 3. The molecule has 0 saturated carbocycles. The Morgan fingerprint density at radius 1 is 1.13 bits per heavy atom. The molecule has 2 heterocycles. The number of nitrogens with zero attached hydrogens (tertiary/aromatic N) is 3. The number of carbonyl (C=O) groups excluding carboxylic acids is 3. The average molecular weight is 553 g/mol. The van der Waals surface area contributed by atoms with Crippen LogP contribution in [0.15, 0.2) is 48.5 Å². The van der Waals surface area contributed by atoms with Crippen molar-refractivity contribution in [3.63, 3.8) is 0 Å². The van der Waals surface area contributed by atoms with Crippen molar-refractivity contribution < 1.29 is 23.9 Å². The highest BCUT2D eigenvalue weighted by Crippen LogP contribution is 2.34. The standard InChI is InChI=1S/C27H32N6O5S/c1-32(2)17-8-6-16(7-9-17)23(26(35)30-15-20-5-4-14-38-20)33(18-10-12-19(37-3)13-11-18)27(36)24-21(28)22(25(29)34)31-39-24/h6-13,20,23H,4-5,14-15,28H2,1-3H3,(H2,29,34)(H,30,35). The summed E-state index contributed by atoms with van der Waals surface area (Å²) in [4.78, 5) is 43.1. The molecule has 4 rings (SSSR count). The number of amides is 3. The molecule has 1 saturated heterocycles. The van der Waals surface area contributed by atoms with Gasteiger partial charge < -0.3 is 31.2 Å². The minimum atomic E-state index is -1.08. The molecule has 1 aliphatic rings. The molecule has 5 N–H and O–H groups in total. The van der Waals surface area contributed by atoms with Gasteiger partial charge in [-0.1, -0.05) is 12.1 Å². The van der Waals surface area contributed by atoms with Crippen LogP contribution in [0, 0.1) is 0 Å². The van der Waals surface area contributed by atoms with E-state index < -0.39 is 23.8 Å². The van der Waals surface area contributed by atoms with Crippen molar-refractivity contribution >= 4 is 46.3 Å². The molecule has 3 amide bonds. The van der Waals surface area contributed by atoms with Crippen LogP contribution in [0.2, 0.25) is 0 Å². The van der Waals surface area contributed by atoms with Gasteiger partial charge in [-0.15, -0.1) is 0 Å². The molecule has 1 fully saturated rings. The van der Waals surface area contributed by atoms with E-state index in [-0.39, 0.29) is 22.4 Å². The van der Waals surface area contributed by atoms with Crippen LogP contribution in [0.3, 0.4) is 0 Å². The van der Waals surface area contributed by atoms with Crippen molar-refractivity contribution in [1.82, 2.24) is 9.69 Å². The van der Waals surface area contributed by atoms with Crippen LogP contribution in [0.25, 0.3) is 0 Å². The molecule has 0 bridgehead atoms. The fourth-order valence-electron chi connectivity index (χ4n) is 4.35. The molecule has 1 aromatic heterocycles. The predicted octanol–water partition coefficient (Wildman–Crippen LogP) is 2.58. The van der Waals surface area contributed by atoms with Crippen LogP contribution in [-0.2, 0) is 9.53 Å². The van der Waals surface area contributed by atoms with E-state index in [9.17, 15) is 14.4 Å². The summed E-state index contributed by atoms with van der Waals surface area (Å²) in [5.41, 5.74) is 13.1. The number of hydrogen-bond acceptors (Lipinski definition) is 9. The van der Waals surface area contributed by atoms with Crippen molar-refractivity contribution in [2.45, 2.75) is 25.0 Å². The first kappa shape index (κ1) is 27.9. The zero-order valence-corrected chi connectivity index (χ0v) is 22.9. The zero-order chi connectivity index (χ0) is 28.1. The van der Waals surface area contributed by atoms with Crippen molar-refractivity contribution in [3.8, 4) is 5.75 Å². The highest BCUT2D eigenvalue weighted by atomic mass is 32.1. The number of methoxy groups -OCH3 is 1. The van der Waals surface area contributed by atoms with Gasteiger partial charge in [-0.25, -0.2) is 0 Å². The van der Waals surface area contributed by atoms with Crippen LogP contribution in [0.4, 0.5) is 17.1 Å². The Hall–Kier alpha value is -4.16. The molecule has 2 unspecified atom stereocenters. The van der Waals surface area contributed by atoms with Gasteiger partial charge in [0.25, 0.3) is 11.8 Å². The van der Waals surface area contributed by atoms with E-state index in [4.69, 9.17) is 20.9 Å². The Kier molecular flexibility index (Phi) is 8.67. The third-order valence-corrected chi connectivity index (χ3v) is 7.34. The van der Waals surface area contributed by atoms with Crippen molar-refractivity contribution in [2.75, 3.05) is 49.9 Å². The number of primary amides is 1. The van der Waals surface area contributed by atoms with Crippen LogP contribution in [0.5, 0.6) is 5.75 Å². The van der Waals surface area contributed by atoms with E-state index in [1.54, 1.807) is 36.4 Å². The van der Waals surface area contributed by atoms with E-state index in [1.807, 2.05) is 31.1 Å². The van der Waals surface area contributed by atoms with E-state index in [0.29, 0.717) is 30.2 Å². The second-order valence-electron chi connectivity index (χ2n) is 9.28. The number of ether oxygens (including phenoxy) is 2. The van der Waals surface area contributed by atoms with Gasteiger partial charge in [0, 0.05) is 38.6 Å². The van der Waals surface area contributed by atoms with Gasteiger partial charge in [0.05, 0.1) is 18.9 Å². The highest BCUT2D eigenvalue weighted by Gasteiger charge is 2.36. The maximum Gasteiger partial charge on any atom is 0.273 e. The van der Waals surface area contributed by atoms with Gasteiger partial charge in [-0.2, -0.15) is 4.37 Å². The quantitative estimate of drug-likeness (QED) is 0.347. The van der Waals surface area contributed by atoms with Crippen LogP contribution in [-0.4, -0.2) is 62.6 Å². The lowest BCUT2D eigenvalue weighted by atomic mass is 10.0. The summed E-state index contributed by atoms with van der Waals surface area (Å²) in [6.45, 7) is 0.962. The molecule has 1 aliphatic heterocycles. The molecule has 206 valence electrons. The number of carbonyl (C=O) groups is 3. The molecule has 0 radical (unpaired) electrons. The maximum atomic E-state index is 14.1. The smallest absolute Gasteiger partial charge is 0.273 e. The third kappa shape index (κ3) is 6.13. The number of nitrogens with one attached hydrogen (secondary N) is 1. The highest BCUT2D eigenvalue weighted by molar-refractivity contribution is 7.09. The molecular formula is C27H32N6O5S. The van der Waals surface area contributed by atoms with E-state index in [1.165, 1.54) is 12.0 Å². The maximum absolute atomic E-state index is 14.1. The summed E-state index contributed by atoms with van der Waals surface area (Å²) < 4.78 is 15.0. The summed E-state index contributed by atoms with van der Waals surface area (Å²) in [5.74, 6) is -1.26. The fraction of sp³-hybridized carbons (Fsp3) is 0.333. The normalized spacial score (nSPS) is 15.4. The zero-order valence-electron chi connectivity index (χ0n) is 22.0. The third-order valence-electron chi connectivity index (χ3n) is 6.48. The van der Waals surface area contributed by atoms with Crippen LogP contribution < -0.4 is 31.3 Å². The Morgan fingerprint density at radius 3 is 2.33 bits per heavy atom. The SMILES string of the molecule is COc1ccc(N(C(=O)c2snc(C(N)=O)c2N)C(C(=O)NCC2CCCO2)c2ccc(N(C)C)cc2)cc1. The Bertz CT molecular complexity index is 1320. The summed E-state index contributed by atoms with van der Waals surface area (Å²) in [6, 6.07) is 13.0. The number of nitrogen functional groups attached to an aromatic ring is 1. The first-order chi connectivity index (χ1) is 18.7. The Balaban J connectivity index is 1.81. The van der Waals surface area contributed by atoms with Crippen LogP contribution >= 0.6 is 11.5 Å². The monoisotopic (exact) mass is 552 g/mol. The summed E-state index contributed by atoms with van der Waals surface area (Å²) >= 11 is 0.758. The van der Waals surface area contributed by atoms with Crippen molar-refractivity contribution in [2.24, 2.45) is 5.73 Å². The van der Waals surface area contributed by atoms with E-state index in [2.05, 4.69) is 9.69 Å². The van der Waals surface area contributed by atoms with Gasteiger partial charge in [-0.05, 0) is 66.3 Å². The number of hydrogen-bond donors (Lipinski definition) is 3. The topological polar surface area (TPSA) is 153 Å². The van der Waals surface area contributed by atoms with Gasteiger partial charge >= 0.3 is 0 Å². The van der Waals surface area contributed by atoms with E-state index >= 15 is 0 Å². The van der Waals surface area contributed by atoms with Gasteiger partial charge in [-0.3, -0.25) is 19.3 Å². The first-order valence-corrected chi connectivity index (χ1v) is 13.2. The largest absolute Gasteiger partial charge is 0.497 e. The minimum absolute atomic E-state index is 0.00135. The number of rotatable bonds is 10. The molecule has 11 nitrogen and oxygen atoms in total. The lowest BCUT2D eigenvalue weighted by molar-refractivity contribution is -0.123. The minimum Gasteiger partial charge on any atom is -0.497 e. The molecule has 0 spiro atoms. The molecule has 39 heavy (non-hydrogen) atoms. The summed E-state index contributed by atoms with van der Waals surface area (Å²) in [6.07, 6.45) is 1.68. The van der Waals surface area contributed by atoms with Gasteiger partial charge in [0.2, 0.25) is 5.91 Å². The lowest BCUT2D eigenvalue weighted by Gasteiger charge is -2.32.